The van der Waals surface area contributed by atoms with Crippen molar-refractivity contribution in [1.82, 2.24) is 10.3 Å². The highest BCUT2D eigenvalue weighted by Gasteiger charge is 2.09. The molecule has 1 heterocycles. The molecule has 0 aliphatic heterocycles. The molecule has 6 heteroatoms. The molecule has 0 aliphatic carbocycles. The van der Waals surface area contributed by atoms with Gasteiger partial charge in [-0.25, -0.2) is 9.37 Å². The van der Waals surface area contributed by atoms with Crippen LogP contribution in [0.3, 0.4) is 0 Å². The van der Waals surface area contributed by atoms with Crippen molar-refractivity contribution in [2.24, 2.45) is 0 Å². The Balaban J connectivity index is 2.21. The SMILES string of the molecule is CCCNCc1cc(Br)cnc1Oc1cc(F)cc(Br)c1. The monoisotopic (exact) mass is 416 g/mol. The van der Waals surface area contributed by atoms with Crippen LogP contribution in [0.4, 0.5) is 4.39 Å². The molecule has 0 amide bonds. The predicted octanol–water partition coefficient (Wildman–Crippen LogP) is 5.04. The zero-order valence-electron chi connectivity index (χ0n) is 11.5. The summed E-state index contributed by atoms with van der Waals surface area (Å²) in [6.45, 7) is 3.66. The molecular formula is C15H15Br2FN2O. The molecule has 0 bridgehead atoms. The van der Waals surface area contributed by atoms with Crippen LogP contribution in [0.5, 0.6) is 11.6 Å². The van der Waals surface area contributed by atoms with Gasteiger partial charge in [-0.05, 0) is 47.1 Å². The Labute approximate surface area is 140 Å². The van der Waals surface area contributed by atoms with E-state index in [1.54, 1.807) is 12.3 Å². The van der Waals surface area contributed by atoms with Crippen molar-refractivity contribution in [3.63, 3.8) is 0 Å². The second-order valence-corrected chi connectivity index (χ2v) is 6.33. The summed E-state index contributed by atoms with van der Waals surface area (Å²) in [7, 11) is 0. The van der Waals surface area contributed by atoms with Crippen LogP contribution in [0.2, 0.25) is 0 Å². The normalized spacial score (nSPS) is 10.7. The van der Waals surface area contributed by atoms with Crippen LogP contribution in [-0.4, -0.2) is 11.5 Å². The average Bonchev–Trinajstić information content (AvgIpc) is 2.41. The minimum atomic E-state index is -0.359. The molecule has 0 atom stereocenters. The first-order chi connectivity index (χ1) is 10.1. The molecule has 0 saturated heterocycles. The summed E-state index contributed by atoms with van der Waals surface area (Å²) >= 11 is 6.65. The summed E-state index contributed by atoms with van der Waals surface area (Å²) in [5, 5.41) is 3.30. The second-order valence-electron chi connectivity index (χ2n) is 4.50. The average molecular weight is 418 g/mol. The van der Waals surface area contributed by atoms with E-state index < -0.39 is 0 Å². The Hall–Kier alpha value is -0.980. The third-order valence-corrected chi connectivity index (χ3v) is 3.58. The molecule has 21 heavy (non-hydrogen) atoms. The van der Waals surface area contributed by atoms with Crippen molar-refractivity contribution in [3.05, 3.63) is 50.8 Å². The van der Waals surface area contributed by atoms with Crippen LogP contribution in [0, 0.1) is 5.82 Å². The van der Waals surface area contributed by atoms with E-state index in [0.29, 0.717) is 22.6 Å². The second kappa shape index (κ2) is 7.87. The van der Waals surface area contributed by atoms with Gasteiger partial charge in [0.2, 0.25) is 5.88 Å². The van der Waals surface area contributed by atoms with Crippen molar-refractivity contribution in [3.8, 4) is 11.6 Å². The number of aromatic nitrogens is 1. The molecule has 2 aromatic rings. The molecule has 0 fully saturated rings. The number of nitrogens with zero attached hydrogens (tertiary/aromatic N) is 1. The van der Waals surface area contributed by atoms with E-state index in [1.807, 2.05) is 6.07 Å². The lowest BCUT2D eigenvalue weighted by Crippen LogP contribution is -2.14. The number of rotatable bonds is 6. The summed E-state index contributed by atoms with van der Waals surface area (Å²) in [4.78, 5) is 4.26. The minimum Gasteiger partial charge on any atom is -0.439 e. The molecule has 0 aliphatic rings. The first-order valence-corrected chi connectivity index (χ1v) is 8.16. The molecule has 0 spiro atoms. The van der Waals surface area contributed by atoms with Gasteiger partial charge in [0.1, 0.15) is 11.6 Å². The molecule has 1 aromatic carbocycles. The maximum atomic E-state index is 13.4. The lowest BCUT2D eigenvalue weighted by molar-refractivity contribution is 0.448. The molecule has 0 unspecified atom stereocenters. The standard InChI is InChI=1S/C15H15Br2FN2O/c1-2-3-19-8-10-4-12(17)9-20-15(10)21-14-6-11(16)5-13(18)7-14/h4-7,9,19H,2-3,8H2,1H3. The molecule has 0 radical (unpaired) electrons. The van der Waals surface area contributed by atoms with E-state index in [-0.39, 0.29) is 5.82 Å². The Bertz CT molecular complexity index is 602. The first kappa shape index (κ1) is 16.4. The molecule has 3 nitrogen and oxygen atoms in total. The Morgan fingerprint density at radius 2 is 2.00 bits per heavy atom. The topological polar surface area (TPSA) is 34.2 Å². The number of benzene rings is 1. The lowest BCUT2D eigenvalue weighted by Gasteiger charge is -2.11. The maximum Gasteiger partial charge on any atom is 0.223 e. The van der Waals surface area contributed by atoms with Gasteiger partial charge in [0.25, 0.3) is 0 Å². The van der Waals surface area contributed by atoms with Crippen LogP contribution in [0.15, 0.2) is 39.4 Å². The van der Waals surface area contributed by atoms with Gasteiger partial charge in [-0.3, -0.25) is 0 Å². The molecule has 2 rings (SSSR count). The number of ether oxygens (including phenoxy) is 1. The predicted molar refractivity (Wildman–Crippen MR) is 88.1 cm³/mol. The van der Waals surface area contributed by atoms with Crippen LogP contribution >= 0.6 is 31.9 Å². The van der Waals surface area contributed by atoms with Crippen molar-refractivity contribution < 1.29 is 9.13 Å². The summed E-state index contributed by atoms with van der Waals surface area (Å²) in [5.41, 5.74) is 0.915. The molecular weight excluding hydrogens is 403 g/mol. The smallest absolute Gasteiger partial charge is 0.223 e. The highest BCUT2D eigenvalue weighted by atomic mass is 79.9. The highest BCUT2D eigenvalue weighted by molar-refractivity contribution is 9.10. The highest BCUT2D eigenvalue weighted by Crippen LogP contribution is 2.28. The van der Waals surface area contributed by atoms with E-state index in [0.717, 1.165) is 23.0 Å². The molecule has 1 N–H and O–H groups in total. The maximum absolute atomic E-state index is 13.4. The van der Waals surface area contributed by atoms with Crippen molar-refractivity contribution in [2.45, 2.75) is 19.9 Å². The van der Waals surface area contributed by atoms with Gasteiger partial charge in [-0.1, -0.05) is 22.9 Å². The van der Waals surface area contributed by atoms with Crippen molar-refractivity contribution >= 4 is 31.9 Å². The van der Waals surface area contributed by atoms with Crippen molar-refractivity contribution in [1.29, 1.82) is 0 Å². The fourth-order valence-corrected chi connectivity index (χ4v) is 2.61. The number of hydrogen-bond donors (Lipinski definition) is 1. The van der Waals surface area contributed by atoms with Crippen LogP contribution in [-0.2, 0) is 6.54 Å². The van der Waals surface area contributed by atoms with E-state index in [2.05, 4.69) is 49.1 Å². The van der Waals surface area contributed by atoms with Crippen LogP contribution in [0.1, 0.15) is 18.9 Å². The van der Waals surface area contributed by atoms with E-state index in [4.69, 9.17) is 4.74 Å². The molecule has 0 saturated carbocycles. The molecule has 112 valence electrons. The van der Waals surface area contributed by atoms with Gasteiger partial charge >= 0.3 is 0 Å². The third-order valence-electron chi connectivity index (χ3n) is 2.68. The summed E-state index contributed by atoms with van der Waals surface area (Å²) in [5.74, 6) is 0.523. The van der Waals surface area contributed by atoms with Gasteiger partial charge < -0.3 is 10.1 Å². The summed E-state index contributed by atoms with van der Waals surface area (Å²) in [6.07, 6.45) is 2.71. The summed E-state index contributed by atoms with van der Waals surface area (Å²) < 4.78 is 20.6. The molecule has 1 aromatic heterocycles. The van der Waals surface area contributed by atoms with Gasteiger partial charge in [0, 0.05) is 33.3 Å². The minimum absolute atomic E-state index is 0.359. The number of hydrogen-bond acceptors (Lipinski definition) is 3. The third kappa shape index (κ3) is 5.05. The Morgan fingerprint density at radius 1 is 1.19 bits per heavy atom. The van der Waals surface area contributed by atoms with Gasteiger partial charge in [-0.15, -0.1) is 0 Å². The van der Waals surface area contributed by atoms with E-state index in [9.17, 15) is 4.39 Å². The number of halogens is 3. The van der Waals surface area contributed by atoms with Crippen LogP contribution in [0.25, 0.3) is 0 Å². The van der Waals surface area contributed by atoms with Gasteiger partial charge in [-0.2, -0.15) is 0 Å². The number of pyridine rings is 1. The largest absolute Gasteiger partial charge is 0.439 e. The fourth-order valence-electron chi connectivity index (χ4n) is 1.79. The Morgan fingerprint density at radius 3 is 2.71 bits per heavy atom. The lowest BCUT2D eigenvalue weighted by atomic mass is 10.2. The van der Waals surface area contributed by atoms with E-state index in [1.165, 1.54) is 12.1 Å². The number of nitrogens with one attached hydrogen (secondary N) is 1. The van der Waals surface area contributed by atoms with E-state index >= 15 is 0 Å². The zero-order chi connectivity index (χ0) is 15.2. The van der Waals surface area contributed by atoms with Crippen molar-refractivity contribution in [2.75, 3.05) is 6.54 Å². The zero-order valence-corrected chi connectivity index (χ0v) is 14.7. The quantitative estimate of drug-likeness (QED) is 0.668. The van der Waals surface area contributed by atoms with Gasteiger partial charge in [0.05, 0.1) is 0 Å². The fraction of sp³-hybridized carbons (Fsp3) is 0.267. The Kier molecular flexibility index (Phi) is 6.14. The van der Waals surface area contributed by atoms with Gasteiger partial charge in [0.15, 0.2) is 0 Å². The summed E-state index contributed by atoms with van der Waals surface area (Å²) in [6, 6.07) is 6.36. The van der Waals surface area contributed by atoms with Crippen LogP contribution < -0.4 is 10.1 Å². The first-order valence-electron chi connectivity index (χ1n) is 6.57.